The molecule has 5 N–H and O–H groups in total. The lowest BCUT2D eigenvalue weighted by atomic mass is 9.87. The van der Waals surface area contributed by atoms with Crippen molar-refractivity contribution in [2.45, 2.75) is 76.3 Å². The summed E-state index contributed by atoms with van der Waals surface area (Å²) in [5, 5.41) is 40.1. The predicted octanol–water partition coefficient (Wildman–Crippen LogP) is 3.06. The Bertz CT molecular complexity index is 1170. The van der Waals surface area contributed by atoms with E-state index in [4.69, 9.17) is 9.97 Å². The van der Waals surface area contributed by atoms with Gasteiger partial charge in [0.05, 0.1) is 27.8 Å². The quantitative estimate of drug-likeness (QED) is 0.344. The summed E-state index contributed by atoms with van der Waals surface area (Å²) in [4.78, 5) is 18.3. The second-order valence-corrected chi connectivity index (χ2v) is 11.2. The molecule has 0 saturated heterocycles. The Morgan fingerprint density at radius 3 is 2.55 bits per heavy atom. The zero-order valence-electron chi connectivity index (χ0n) is 19.3. The highest BCUT2D eigenvalue weighted by atomic mass is 32.1. The van der Waals surface area contributed by atoms with Gasteiger partial charge in [0.2, 0.25) is 5.95 Å². The minimum Gasteiger partial charge on any atom is -0.390 e. The summed E-state index contributed by atoms with van der Waals surface area (Å²) in [5.41, 5.74) is -0.626. The number of hydrogen-bond acceptors (Lipinski definition) is 10. The van der Waals surface area contributed by atoms with Gasteiger partial charge < -0.3 is 26.0 Å². The highest BCUT2D eigenvalue weighted by Gasteiger charge is 2.52. The molecule has 3 atom stereocenters. The molecule has 0 radical (unpaired) electrons. The highest BCUT2D eigenvalue weighted by molar-refractivity contribution is 7.21. The topological polar surface area (TPSA) is 136 Å². The molecule has 176 valence electrons. The van der Waals surface area contributed by atoms with Gasteiger partial charge in [-0.25, -0.2) is 9.97 Å². The summed E-state index contributed by atoms with van der Waals surface area (Å²) in [6.45, 7) is 7.32. The molecule has 3 unspecified atom stereocenters. The van der Waals surface area contributed by atoms with E-state index < -0.39 is 23.3 Å². The fourth-order valence-electron chi connectivity index (χ4n) is 4.54. The van der Waals surface area contributed by atoms with Gasteiger partial charge in [-0.05, 0) is 59.4 Å². The number of nitrogens with zero attached hydrogens (tertiary/aromatic N) is 4. The first-order chi connectivity index (χ1) is 15.5. The van der Waals surface area contributed by atoms with Crippen LogP contribution in [0.1, 0.15) is 52.1 Å². The number of rotatable bonds is 6. The van der Waals surface area contributed by atoms with Crippen molar-refractivity contribution in [3.63, 3.8) is 0 Å². The van der Waals surface area contributed by atoms with E-state index in [-0.39, 0.29) is 12.0 Å². The summed E-state index contributed by atoms with van der Waals surface area (Å²) in [7, 11) is 0. The minimum atomic E-state index is -1.64. The molecule has 2 aliphatic rings. The molecule has 2 aliphatic carbocycles. The van der Waals surface area contributed by atoms with Crippen molar-refractivity contribution < 1.29 is 15.3 Å². The normalized spacial score (nSPS) is 26.5. The molecular formula is C23H30N6O3S. The first-order valence-corrected chi connectivity index (χ1v) is 12.1. The summed E-state index contributed by atoms with van der Waals surface area (Å²) in [6.07, 6.45) is 5.10. The maximum absolute atomic E-state index is 11.4. The van der Waals surface area contributed by atoms with E-state index >= 15 is 0 Å². The smallest absolute Gasteiger partial charge is 0.225 e. The number of aryl methyl sites for hydroxylation is 1. The average molecular weight is 471 g/mol. The van der Waals surface area contributed by atoms with Gasteiger partial charge in [-0.3, -0.25) is 4.98 Å². The molecule has 10 heteroatoms. The Labute approximate surface area is 196 Å². The standard InChI is InChI=1S/C23H30N6O3S/c1-12-16(19-26-14-11-24-10-6-15(14)33-19)18(27-20(25-12)29-22(4)8-9-22)28-23(32)7-5-13(17(23)30)21(2,3)31/h6,10-11,13,17,30-32H,5,7-9H2,1-4H3,(H2,25,27,28,29). The van der Waals surface area contributed by atoms with E-state index in [1.54, 1.807) is 26.2 Å². The van der Waals surface area contributed by atoms with E-state index in [9.17, 15) is 15.3 Å². The Hall–Kier alpha value is -2.40. The molecule has 2 fully saturated rings. The number of hydrogen-bond donors (Lipinski definition) is 5. The van der Waals surface area contributed by atoms with Crippen molar-refractivity contribution in [1.82, 2.24) is 19.9 Å². The number of thiazole rings is 1. The van der Waals surface area contributed by atoms with Crippen LogP contribution >= 0.6 is 11.3 Å². The third kappa shape index (κ3) is 4.16. The van der Waals surface area contributed by atoms with Crippen LogP contribution in [-0.2, 0) is 0 Å². The fourth-order valence-corrected chi connectivity index (χ4v) is 5.57. The molecule has 0 amide bonds. The zero-order valence-corrected chi connectivity index (χ0v) is 20.1. The third-order valence-corrected chi connectivity index (χ3v) is 7.91. The summed E-state index contributed by atoms with van der Waals surface area (Å²) < 4.78 is 0.986. The van der Waals surface area contributed by atoms with Gasteiger partial charge in [-0.1, -0.05) is 0 Å². The van der Waals surface area contributed by atoms with Crippen LogP contribution in [0.15, 0.2) is 18.5 Å². The van der Waals surface area contributed by atoms with Gasteiger partial charge in [0.1, 0.15) is 22.4 Å². The highest BCUT2D eigenvalue weighted by Crippen LogP contribution is 2.44. The van der Waals surface area contributed by atoms with Crippen LogP contribution in [0.4, 0.5) is 11.8 Å². The van der Waals surface area contributed by atoms with Crippen molar-refractivity contribution in [2.75, 3.05) is 10.6 Å². The van der Waals surface area contributed by atoms with Crippen molar-refractivity contribution in [1.29, 1.82) is 0 Å². The maximum Gasteiger partial charge on any atom is 0.225 e. The molecule has 0 aliphatic heterocycles. The van der Waals surface area contributed by atoms with Crippen LogP contribution in [0.2, 0.25) is 0 Å². The van der Waals surface area contributed by atoms with Crippen molar-refractivity contribution >= 4 is 33.3 Å². The lowest BCUT2D eigenvalue weighted by molar-refractivity contribution is -0.0926. The number of nitrogens with one attached hydrogen (secondary N) is 2. The van der Waals surface area contributed by atoms with E-state index in [0.717, 1.165) is 23.1 Å². The molecule has 2 saturated carbocycles. The lowest BCUT2D eigenvalue weighted by Crippen LogP contribution is -2.51. The molecule has 3 heterocycles. The van der Waals surface area contributed by atoms with E-state index in [2.05, 4.69) is 27.5 Å². The van der Waals surface area contributed by atoms with Crippen LogP contribution in [-0.4, -0.2) is 58.2 Å². The van der Waals surface area contributed by atoms with Gasteiger partial charge in [0, 0.05) is 17.7 Å². The molecule has 0 aromatic carbocycles. The minimum absolute atomic E-state index is 0.0253. The Kier molecular flexibility index (Phi) is 5.13. The van der Waals surface area contributed by atoms with Crippen molar-refractivity contribution in [3.8, 4) is 10.6 Å². The summed E-state index contributed by atoms with van der Waals surface area (Å²) in [6, 6.07) is 1.91. The first-order valence-electron chi connectivity index (χ1n) is 11.3. The number of aliphatic hydroxyl groups is 3. The number of aliphatic hydroxyl groups excluding tert-OH is 1. The van der Waals surface area contributed by atoms with Crippen molar-refractivity contribution in [3.05, 3.63) is 24.2 Å². The van der Waals surface area contributed by atoms with Gasteiger partial charge in [0.25, 0.3) is 0 Å². The van der Waals surface area contributed by atoms with E-state index in [0.29, 0.717) is 34.5 Å². The second kappa shape index (κ2) is 7.56. The first kappa shape index (κ1) is 22.4. The molecule has 3 aromatic heterocycles. The predicted molar refractivity (Wildman–Crippen MR) is 128 cm³/mol. The fraction of sp³-hybridized carbons (Fsp3) is 0.565. The van der Waals surface area contributed by atoms with Crippen LogP contribution in [0.25, 0.3) is 20.8 Å². The van der Waals surface area contributed by atoms with E-state index in [1.165, 1.54) is 11.3 Å². The van der Waals surface area contributed by atoms with Crippen LogP contribution in [0.5, 0.6) is 0 Å². The Balaban J connectivity index is 1.58. The third-order valence-electron chi connectivity index (χ3n) is 6.86. The number of pyridine rings is 1. The van der Waals surface area contributed by atoms with Gasteiger partial charge in [0.15, 0.2) is 5.72 Å². The van der Waals surface area contributed by atoms with Gasteiger partial charge in [-0.2, -0.15) is 4.98 Å². The van der Waals surface area contributed by atoms with E-state index in [1.807, 2.05) is 13.0 Å². The number of fused-ring (bicyclic) bond motifs is 1. The van der Waals surface area contributed by atoms with Crippen molar-refractivity contribution in [2.24, 2.45) is 5.92 Å². The molecule has 5 rings (SSSR count). The van der Waals surface area contributed by atoms with Crippen LogP contribution in [0.3, 0.4) is 0 Å². The largest absolute Gasteiger partial charge is 0.390 e. The van der Waals surface area contributed by atoms with Crippen LogP contribution < -0.4 is 10.6 Å². The molecule has 9 nitrogen and oxygen atoms in total. The molecular weight excluding hydrogens is 440 g/mol. The number of aromatic nitrogens is 4. The molecule has 0 spiro atoms. The molecule has 0 bridgehead atoms. The average Bonchev–Trinajstić information content (AvgIpc) is 3.15. The lowest BCUT2D eigenvalue weighted by Gasteiger charge is -2.34. The number of anilines is 2. The SMILES string of the molecule is Cc1nc(NC2(C)CC2)nc(NC2(O)CCC(C(C)(C)O)C2O)c1-c1nc2cnccc2s1. The zero-order chi connectivity index (χ0) is 23.6. The maximum atomic E-state index is 11.4. The Morgan fingerprint density at radius 1 is 1.15 bits per heavy atom. The molecule has 33 heavy (non-hydrogen) atoms. The summed E-state index contributed by atoms with van der Waals surface area (Å²) >= 11 is 1.50. The van der Waals surface area contributed by atoms with Gasteiger partial charge in [-0.15, -0.1) is 11.3 Å². The van der Waals surface area contributed by atoms with Gasteiger partial charge >= 0.3 is 0 Å². The second-order valence-electron chi connectivity index (χ2n) is 10.2. The molecule has 3 aromatic rings. The Morgan fingerprint density at radius 2 is 1.91 bits per heavy atom. The van der Waals surface area contributed by atoms with Crippen LogP contribution in [0, 0.1) is 12.8 Å². The monoisotopic (exact) mass is 470 g/mol. The summed E-state index contributed by atoms with van der Waals surface area (Å²) in [5.74, 6) is 0.397.